The fraction of sp³-hybridized carbons (Fsp3) is 0.158. The molecular weight excluding hydrogens is 332 g/mol. The number of aromatic nitrogens is 2. The summed E-state index contributed by atoms with van der Waals surface area (Å²) in [5.74, 6) is 0.464. The van der Waals surface area contributed by atoms with Crippen molar-refractivity contribution in [2.75, 3.05) is 5.32 Å². The molecule has 0 aliphatic heterocycles. The minimum absolute atomic E-state index is 0.0787. The molecule has 0 aliphatic carbocycles. The summed E-state index contributed by atoms with van der Waals surface area (Å²) in [4.78, 5) is 19.1. The molecule has 0 bridgehead atoms. The van der Waals surface area contributed by atoms with Crippen LogP contribution < -0.4 is 10.1 Å². The first-order chi connectivity index (χ1) is 12.4. The molecule has 0 aliphatic rings. The highest BCUT2D eigenvalue weighted by Crippen LogP contribution is 2.35. The van der Waals surface area contributed by atoms with Gasteiger partial charge in [-0.1, -0.05) is 18.2 Å². The highest BCUT2D eigenvalue weighted by atomic mass is 16.6. The van der Waals surface area contributed by atoms with Crippen molar-refractivity contribution >= 4 is 17.2 Å². The van der Waals surface area contributed by atoms with Crippen molar-refractivity contribution < 1.29 is 9.66 Å². The SMILES string of the molecule is Cc1cccc(Nc2ncnc(Oc3cc(C)cc(C)c3)c2[N+](=O)[O-])c1. The third-order valence-electron chi connectivity index (χ3n) is 3.66. The summed E-state index contributed by atoms with van der Waals surface area (Å²) in [6, 6.07) is 13.1. The number of nitro groups is 1. The molecule has 2 aromatic carbocycles. The van der Waals surface area contributed by atoms with Gasteiger partial charge in [0.25, 0.3) is 0 Å². The number of nitrogens with one attached hydrogen (secondary N) is 1. The molecule has 0 fully saturated rings. The van der Waals surface area contributed by atoms with Gasteiger partial charge in [0.05, 0.1) is 4.92 Å². The fourth-order valence-electron chi connectivity index (χ4n) is 2.66. The van der Waals surface area contributed by atoms with Gasteiger partial charge in [-0.05, 0) is 61.7 Å². The van der Waals surface area contributed by atoms with E-state index in [1.807, 2.05) is 51.1 Å². The molecule has 3 aromatic rings. The van der Waals surface area contributed by atoms with E-state index in [1.54, 1.807) is 12.1 Å². The number of hydrogen-bond acceptors (Lipinski definition) is 6. The molecule has 0 saturated heterocycles. The van der Waals surface area contributed by atoms with Crippen LogP contribution in [0.3, 0.4) is 0 Å². The summed E-state index contributed by atoms with van der Waals surface area (Å²) in [6.07, 6.45) is 1.24. The Kier molecular flexibility index (Phi) is 4.79. The monoisotopic (exact) mass is 350 g/mol. The van der Waals surface area contributed by atoms with Gasteiger partial charge < -0.3 is 10.1 Å². The second kappa shape index (κ2) is 7.18. The van der Waals surface area contributed by atoms with Crippen molar-refractivity contribution in [3.63, 3.8) is 0 Å². The number of ether oxygens (including phenoxy) is 1. The highest BCUT2D eigenvalue weighted by Gasteiger charge is 2.25. The van der Waals surface area contributed by atoms with Crippen LogP contribution in [0, 0.1) is 30.9 Å². The molecule has 0 saturated carbocycles. The van der Waals surface area contributed by atoms with Crippen LogP contribution in [0.15, 0.2) is 48.8 Å². The lowest BCUT2D eigenvalue weighted by atomic mass is 10.1. The standard InChI is InChI=1S/C19H18N4O3/c1-12-5-4-6-15(8-12)22-18-17(23(24)25)19(21-11-20-18)26-16-9-13(2)7-14(3)10-16/h4-11H,1-3H3,(H,20,21,22). The van der Waals surface area contributed by atoms with Gasteiger partial charge in [0, 0.05) is 5.69 Å². The first kappa shape index (κ1) is 17.3. The summed E-state index contributed by atoms with van der Waals surface area (Å²) in [5, 5.41) is 14.6. The predicted molar refractivity (Wildman–Crippen MR) is 99.1 cm³/mol. The van der Waals surface area contributed by atoms with Crippen LogP contribution in [0.4, 0.5) is 17.2 Å². The van der Waals surface area contributed by atoms with E-state index in [0.29, 0.717) is 11.4 Å². The molecule has 0 atom stereocenters. The Morgan fingerprint density at radius 3 is 2.38 bits per heavy atom. The van der Waals surface area contributed by atoms with E-state index in [0.717, 1.165) is 16.7 Å². The Bertz CT molecular complexity index is 952. The molecule has 132 valence electrons. The van der Waals surface area contributed by atoms with Crippen LogP contribution in [0.2, 0.25) is 0 Å². The fourth-order valence-corrected chi connectivity index (χ4v) is 2.66. The van der Waals surface area contributed by atoms with Crippen LogP contribution in [-0.2, 0) is 0 Å². The van der Waals surface area contributed by atoms with E-state index >= 15 is 0 Å². The normalized spacial score (nSPS) is 10.4. The molecule has 1 N–H and O–H groups in total. The molecule has 26 heavy (non-hydrogen) atoms. The average molecular weight is 350 g/mol. The Morgan fingerprint density at radius 2 is 1.73 bits per heavy atom. The Labute approximate surface area is 150 Å². The van der Waals surface area contributed by atoms with Gasteiger partial charge in [-0.3, -0.25) is 10.1 Å². The second-order valence-electron chi connectivity index (χ2n) is 6.05. The van der Waals surface area contributed by atoms with Crippen LogP contribution in [0.1, 0.15) is 16.7 Å². The molecule has 0 radical (unpaired) electrons. The zero-order chi connectivity index (χ0) is 18.7. The van der Waals surface area contributed by atoms with Crippen LogP contribution >= 0.6 is 0 Å². The first-order valence-electron chi connectivity index (χ1n) is 8.01. The zero-order valence-corrected chi connectivity index (χ0v) is 14.7. The largest absolute Gasteiger partial charge is 0.434 e. The van der Waals surface area contributed by atoms with E-state index in [2.05, 4.69) is 15.3 Å². The maximum Gasteiger partial charge on any atom is 0.373 e. The zero-order valence-electron chi connectivity index (χ0n) is 14.7. The smallest absolute Gasteiger partial charge is 0.373 e. The molecule has 0 spiro atoms. The summed E-state index contributed by atoms with van der Waals surface area (Å²) in [7, 11) is 0. The number of nitrogens with zero attached hydrogens (tertiary/aromatic N) is 3. The molecule has 3 rings (SSSR count). The lowest BCUT2D eigenvalue weighted by molar-refractivity contribution is -0.385. The summed E-state index contributed by atoms with van der Waals surface area (Å²) in [6.45, 7) is 5.80. The maximum absolute atomic E-state index is 11.6. The third kappa shape index (κ3) is 3.94. The van der Waals surface area contributed by atoms with Crippen molar-refractivity contribution in [1.82, 2.24) is 9.97 Å². The van der Waals surface area contributed by atoms with Crippen molar-refractivity contribution in [1.29, 1.82) is 0 Å². The van der Waals surface area contributed by atoms with E-state index in [4.69, 9.17) is 4.74 Å². The Morgan fingerprint density at radius 1 is 1.00 bits per heavy atom. The van der Waals surface area contributed by atoms with Gasteiger partial charge in [-0.2, -0.15) is 4.98 Å². The van der Waals surface area contributed by atoms with Crippen LogP contribution in [0.25, 0.3) is 0 Å². The number of anilines is 2. The molecule has 0 unspecified atom stereocenters. The lowest BCUT2D eigenvalue weighted by Crippen LogP contribution is -2.03. The summed E-state index contributed by atoms with van der Waals surface area (Å²) >= 11 is 0. The minimum Gasteiger partial charge on any atom is -0.434 e. The van der Waals surface area contributed by atoms with Crippen LogP contribution in [0.5, 0.6) is 11.6 Å². The number of rotatable bonds is 5. The number of aryl methyl sites for hydroxylation is 3. The predicted octanol–water partition coefficient (Wildman–Crippen LogP) is 4.85. The van der Waals surface area contributed by atoms with Gasteiger partial charge >= 0.3 is 11.6 Å². The number of hydrogen-bond donors (Lipinski definition) is 1. The van der Waals surface area contributed by atoms with Gasteiger partial charge in [-0.15, -0.1) is 0 Å². The quantitative estimate of drug-likeness (QED) is 0.523. The van der Waals surface area contributed by atoms with Crippen LogP contribution in [-0.4, -0.2) is 14.9 Å². The van der Waals surface area contributed by atoms with E-state index in [-0.39, 0.29) is 17.4 Å². The van der Waals surface area contributed by atoms with Crippen molar-refractivity contribution in [2.24, 2.45) is 0 Å². The second-order valence-corrected chi connectivity index (χ2v) is 6.05. The van der Waals surface area contributed by atoms with E-state index in [1.165, 1.54) is 6.33 Å². The Balaban J connectivity index is 1.99. The maximum atomic E-state index is 11.6. The van der Waals surface area contributed by atoms with Crippen molar-refractivity contribution in [2.45, 2.75) is 20.8 Å². The molecule has 0 amide bonds. The average Bonchev–Trinajstić information content (AvgIpc) is 2.53. The lowest BCUT2D eigenvalue weighted by Gasteiger charge is -2.10. The minimum atomic E-state index is -0.546. The summed E-state index contributed by atoms with van der Waals surface area (Å²) < 4.78 is 5.70. The van der Waals surface area contributed by atoms with Gasteiger partial charge in [-0.25, -0.2) is 4.98 Å². The molecule has 7 nitrogen and oxygen atoms in total. The van der Waals surface area contributed by atoms with Gasteiger partial charge in [0.1, 0.15) is 12.1 Å². The van der Waals surface area contributed by atoms with Gasteiger partial charge in [0.15, 0.2) is 0 Å². The van der Waals surface area contributed by atoms with Gasteiger partial charge in [0.2, 0.25) is 5.82 Å². The summed E-state index contributed by atoms with van der Waals surface area (Å²) in [5.41, 5.74) is 3.40. The number of benzene rings is 2. The molecule has 1 heterocycles. The first-order valence-corrected chi connectivity index (χ1v) is 8.01. The molecule has 1 aromatic heterocycles. The topological polar surface area (TPSA) is 90.2 Å². The Hall–Kier alpha value is -3.48. The van der Waals surface area contributed by atoms with E-state index in [9.17, 15) is 10.1 Å². The van der Waals surface area contributed by atoms with Crippen molar-refractivity contribution in [3.05, 3.63) is 75.6 Å². The van der Waals surface area contributed by atoms with E-state index < -0.39 is 4.92 Å². The van der Waals surface area contributed by atoms with Crippen molar-refractivity contribution in [3.8, 4) is 11.6 Å². The third-order valence-corrected chi connectivity index (χ3v) is 3.66. The highest BCUT2D eigenvalue weighted by molar-refractivity contribution is 5.69. The molecular formula is C19H18N4O3. The molecule has 7 heteroatoms.